The summed E-state index contributed by atoms with van der Waals surface area (Å²) in [5.74, 6) is -1.24. The zero-order valence-corrected chi connectivity index (χ0v) is 18.6. The van der Waals surface area contributed by atoms with E-state index in [0.29, 0.717) is 40.5 Å². The van der Waals surface area contributed by atoms with Crippen LogP contribution in [0.2, 0.25) is 0 Å². The first-order valence-corrected chi connectivity index (χ1v) is 10.9. The summed E-state index contributed by atoms with van der Waals surface area (Å²) in [6, 6.07) is 14.1. The molecule has 2 heterocycles. The fraction of sp³-hybridized carbons (Fsp3) is 0.120. The first-order valence-electron chi connectivity index (χ1n) is 10.9. The summed E-state index contributed by atoms with van der Waals surface area (Å²) in [5, 5.41) is 12.9. The average Bonchev–Trinajstić information content (AvgIpc) is 3.26. The summed E-state index contributed by atoms with van der Waals surface area (Å²) in [6.45, 7) is 2.19. The summed E-state index contributed by atoms with van der Waals surface area (Å²) in [5.41, 5.74) is 1.45. The van der Waals surface area contributed by atoms with Crippen molar-refractivity contribution in [2.45, 2.75) is 13.3 Å². The van der Waals surface area contributed by atoms with E-state index < -0.39 is 17.7 Å². The van der Waals surface area contributed by atoms with Gasteiger partial charge >= 0.3 is 6.03 Å². The maximum Gasteiger partial charge on any atom is 0.321 e. The molecule has 0 aliphatic carbocycles. The fourth-order valence-electron chi connectivity index (χ4n) is 4.01. The molecule has 176 valence electrons. The normalized spacial score (nSPS) is 11.2. The molecule has 0 aliphatic rings. The van der Waals surface area contributed by atoms with Gasteiger partial charge in [-0.25, -0.2) is 23.7 Å². The van der Waals surface area contributed by atoms with Crippen LogP contribution in [0.15, 0.2) is 59.4 Å². The number of nitrogens with one attached hydrogen (secondary N) is 4. The Labute approximate surface area is 197 Å². The van der Waals surface area contributed by atoms with Crippen LogP contribution in [0.3, 0.4) is 0 Å². The maximum atomic E-state index is 15.4. The van der Waals surface area contributed by atoms with Gasteiger partial charge in [0.25, 0.3) is 5.56 Å². The number of carbonyl (C=O) groups excluding carboxylic acids is 1. The second kappa shape index (κ2) is 8.98. The Balaban J connectivity index is 1.52. The van der Waals surface area contributed by atoms with Crippen LogP contribution in [0.25, 0.3) is 32.9 Å². The molecule has 5 rings (SSSR count). The molecule has 35 heavy (non-hydrogen) atoms. The zero-order valence-electron chi connectivity index (χ0n) is 18.6. The number of imidazole rings is 1. The van der Waals surface area contributed by atoms with Crippen LogP contribution in [0, 0.1) is 11.6 Å². The molecule has 4 N–H and O–H groups in total. The Morgan fingerprint density at radius 2 is 1.83 bits per heavy atom. The largest absolute Gasteiger partial charge is 0.338 e. The number of fused-ring (bicyclic) bond motifs is 2. The van der Waals surface area contributed by atoms with Crippen LogP contribution in [-0.2, 0) is 6.42 Å². The van der Waals surface area contributed by atoms with Crippen molar-refractivity contribution < 1.29 is 13.6 Å². The number of rotatable bonds is 5. The second-order valence-electron chi connectivity index (χ2n) is 7.93. The number of hydrogen-bond donors (Lipinski definition) is 4. The summed E-state index contributed by atoms with van der Waals surface area (Å²) < 4.78 is 30.2. The molecular weight excluding hydrogens is 454 g/mol. The number of hydrogen-bond acceptors (Lipinski definition) is 4. The van der Waals surface area contributed by atoms with Gasteiger partial charge in [-0.3, -0.25) is 10.1 Å². The number of urea groups is 1. The molecule has 0 atom stereocenters. The monoisotopic (exact) mass is 474 g/mol. The minimum Gasteiger partial charge on any atom is -0.338 e. The third-order valence-electron chi connectivity index (χ3n) is 5.63. The van der Waals surface area contributed by atoms with Crippen molar-refractivity contribution in [2.24, 2.45) is 0 Å². The van der Waals surface area contributed by atoms with Crippen molar-refractivity contribution in [3.8, 4) is 11.1 Å². The Kier molecular flexibility index (Phi) is 5.69. The molecule has 2 aromatic heterocycles. The van der Waals surface area contributed by atoms with Crippen LogP contribution in [0.5, 0.6) is 0 Å². The van der Waals surface area contributed by atoms with Gasteiger partial charge in [0.2, 0.25) is 5.95 Å². The Hall–Kier alpha value is -4.60. The minimum absolute atomic E-state index is 0.0209. The van der Waals surface area contributed by atoms with E-state index in [1.54, 1.807) is 43.3 Å². The number of amides is 2. The van der Waals surface area contributed by atoms with Gasteiger partial charge in [-0.2, -0.15) is 5.10 Å². The number of carbonyl (C=O) groups is 1. The van der Waals surface area contributed by atoms with Gasteiger partial charge in [0.1, 0.15) is 11.3 Å². The van der Waals surface area contributed by atoms with Crippen molar-refractivity contribution in [1.29, 1.82) is 0 Å². The predicted molar refractivity (Wildman–Crippen MR) is 129 cm³/mol. The molecule has 10 heteroatoms. The molecule has 0 spiro atoms. The third kappa shape index (κ3) is 4.21. The predicted octanol–water partition coefficient (Wildman–Crippen LogP) is 4.48. The van der Waals surface area contributed by atoms with Gasteiger partial charge in [-0.15, -0.1) is 0 Å². The van der Waals surface area contributed by atoms with E-state index >= 15 is 4.39 Å². The Morgan fingerprint density at radius 1 is 1.03 bits per heavy atom. The van der Waals surface area contributed by atoms with Crippen molar-refractivity contribution in [3.05, 3.63) is 87.8 Å². The minimum atomic E-state index is -0.716. The van der Waals surface area contributed by atoms with Gasteiger partial charge in [0.05, 0.1) is 16.6 Å². The number of nitrogens with zero attached hydrogens (tertiary/aromatic N) is 2. The molecule has 5 aromatic rings. The van der Waals surface area contributed by atoms with Crippen molar-refractivity contribution in [3.63, 3.8) is 0 Å². The lowest BCUT2D eigenvalue weighted by atomic mass is 9.98. The number of benzene rings is 3. The van der Waals surface area contributed by atoms with E-state index in [1.807, 2.05) is 6.07 Å². The second-order valence-corrected chi connectivity index (χ2v) is 7.93. The number of halogens is 2. The molecule has 0 saturated heterocycles. The first-order chi connectivity index (χ1) is 16.9. The third-order valence-corrected chi connectivity index (χ3v) is 5.63. The summed E-state index contributed by atoms with van der Waals surface area (Å²) in [6.07, 6.45) is 0.303. The van der Waals surface area contributed by atoms with Gasteiger partial charge < -0.3 is 10.3 Å². The summed E-state index contributed by atoms with van der Waals surface area (Å²) in [4.78, 5) is 30.8. The highest BCUT2D eigenvalue weighted by atomic mass is 19.1. The van der Waals surface area contributed by atoms with E-state index in [2.05, 4.69) is 30.8 Å². The fourth-order valence-corrected chi connectivity index (χ4v) is 4.01. The maximum absolute atomic E-state index is 15.4. The van der Waals surface area contributed by atoms with E-state index in [0.717, 1.165) is 0 Å². The molecule has 0 aliphatic heterocycles. The van der Waals surface area contributed by atoms with E-state index in [9.17, 15) is 14.0 Å². The van der Waals surface area contributed by atoms with Crippen molar-refractivity contribution in [2.75, 3.05) is 11.9 Å². The number of H-pyrrole nitrogens is 2. The number of aromatic amines is 2. The van der Waals surface area contributed by atoms with E-state index in [-0.39, 0.29) is 28.2 Å². The van der Waals surface area contributed by atoms with E-state index in [4.69, 9.17) is 0 Å². The summed E-state index contributed by atoms with van der Waals surface area (Å²) >= 11 is 0. The lowest BCUT2D eigenvalue weighted by Gasteiger charge is -2.10. The Morgan fingerprint density at radius 3 is 2.63 bits per heavy atom. The van der Waals surface area contributed by atoms with Gasteiger partial charge in [0, 0.05) is 29.5 Å². The topological polar surface area (TPSA) is 116 Å². The molecule has 2 amide bonds. The van der Waals surface area contributed by atoms with Crippen LogP contribution in [-0.4, -0.2) is 32.7 Å². The molecule has 0 saturated carbocycles. The standard InChI is InChI=1S/C25H20F2N6O2/c1-2-28-25(35)31-24-29-19-10-8-15(21(27)22(19)30-24)17-11-13(7-9-18(17)26)12-20-14-5-3-4-6-16(14)23(34)33-32-20/h3-11H,2,12H2,1H3,(H,33,34)(H3,28,29,30,31,35). The summed E-state index contributed by atoms with van der Waals surface area (Å²) in [7, 11) is 0. The quantitative estimate of drug-likeness (QED) is 0.301. The smallest absolute Gasteiger partial charge is 0.321 e. The highest BCUT2D eigenvalue weighted by Gasteiger charge is 2.18. The molecule has 0 fully saturated rings. The average molecular weight is 474 g/mol. The molecule has 3 aromatic carbocycles. The van der Waals surface area contributed by atoms with Crippen LogP contribution in [0.1, 0.15) is 18.2 Å². The highest BCUT2D eigenvalue weighted by Crippen LogP contribution is 2.31. The first kappa shape index (κ1) is 22.2. The lowest BCUT2D eigenvalue weighted by molar-refractivity contribution is 0.252. The molecule has 0 radical (unpaired) electrons. The zero-order chi connectivity index (χ0) is 24.5. The molecular formula is C25H20F2N6O2. The lowest BCUT2D eigenvalue weighted by Crippen LogP contribution is -2.28. The van der Waals surface area contributed by atoms with Gasteiger partial charge in [-0.05, 0) is 42.8 Å². The molecule has 8 nitrogen and oxygen atoms in total. The SMILES string of the molecule is CCNC(=O)Nc1nc2c(F)c(-c3cc(Cc4n[nH]c(=O)c5ccccc45)ccc3F)ccc2[nH]1. The van der Waals surface area contributed by atoms with Crippen molar-refractivity contribution >= 4 is 33.8 Å². The Bertz CT molecular complexity index is 1640. The number of aromatic nitrogens is 4. The highest BCUT2D eigenvalue weighted by molar-refractivity contribution is 5.91. The van der Waals surface area contributed by atoms with Gasteiger partial charge in [0.15, 0.2) is 5.82 Å². The molecule has 0 bridgehead atoms. The van der Waals surface area contributed by atoms with Crippen LogP contribution in [0.4, 0.5) is 19.5 Å². The van der Waals surface area contributed by atoms with Crippen LogP contribution >= 0.6 is 0 Å². The molecule has 0 unspecified atom stereocenters. The number of anilines is 1. The van der Waals surface area contributed by atoms with Crippen molar-refractivity contribution in [1.82, 2.24) is 25.5 Å². The van der Waals surface area contributed by atoms with E-state index in [1.165, 1.54) is 12.1 Å². The van der Waals surface area contributed by atoms with Gasteiger partial charge in [-0.1, -0.05) is 24.3 Å². The van der Waals surface area contributed by atoms with Crippen LogP contribution < -0.4 is 16.2 Å².